The van der Waals surface area contributed by atoms with Crippen molar-refractivity contribution in [2.75, 3.05) is 7.11 Å². The van der Waals surface area contributed by atoms with Crippen LogP contribution in [0.5, 0.6) is 0 Å². The first kappa shape index (κ1) is 18.7. The minimum atomic E-state index is -0.748. The smallest absolute Gasteiger partial charge is 0.328 e. The highest BCUT2D eigenvalue weighted by Gasteiger charge is 2.23. The highest BCUT2D eigenvalue weighted by Crippen LogP contribution is 2.20. The van der Waals surface area contributed by atoms with Gasteiger partial charge in [0, 0.05) is 20.9 Å². The normalized spacial score (nSPS) is 11.7. The van der Waals surface area contributed by atoms with Crippen LogP contribution in [0.4, 0.5) is 0 Å². The van der Waals surface area contributed by atoms with Crippen LogP contribution in [0.15, 0.2) is 51.4 Å². The number of halogens is 2. The average molecular weight is 455 g/mol. The van der Waals surface area contributed by atoms with Crippen LogP contribution in [0, 0.1) is 6.92 Å². The maximum atomic E-state index is 12.5. The van der Waals surface area contributed by atoms with E-state index in [-0.39, 0.29) is 5.91 Å². The molecule has 0 heterocycles. The molecule has 0 aromatic heterocycles. The molecule has 0 fully saturated rings. The predicted molar refractivity (Wildman–Crippen MR) is 100.0 cm³/mol. The van der Waals surface area contributed by atoms with Crippen LogP contribution in [0.25, 0.3) is 0 Å². The maximum absolute atomic E-state index is 12.5. The molecule has 0 aliphatic carbocycles. The summed E-state index contributed by atoms with van der Waals surface area (Å²) in [6.07, 6.45) is 0.370. The van der Waals surface area contributed by atoms with E-state index in [1.165, 1.54) is 7.11 Å². The number of benzene rings is 2. The van der Waals surface area contributed by atoms with Crippen molar-refractivity contribution in [2.24, 2.45) is 0 Å². The molecule has 2 rings (SSSR count). The summed E-state index contributed by atoms with van der Waals surface area (Å²) in [6.45, 7) is 1.98. The molecule has 1 atom stereocenters. The Morgan fingerprint density at radius 2 is 1.79 bits per heavy atom. The van der Waals surface area contributed by atoms with Gasteiger partial charge < -0.3 is 10.1 Å². The molecule has 0 spiro atoms. The van der Waals surface area contributed by atoms with Gasteiger partial charge in [-0.2, -0.15) is 0 Å². The number of ether oxygens (including phenoxy) is 1. The molecule has 0 bridgehead atoms. The van der Waals surface area contributed by atoms with E-state index in [2.05, 4.69) is 37.2 Å². The maximum Gasteiger partial charge on any atom is 0.328 e. The lowest BCUT2D eigenvalue weighted by atomic mass is 10.0. The Kier molecular flexibility index (Phi) is 6.57. The summed E-state index contributed by atoms with van der Waals surface area (Å²) in [5.41, 5.74) is 2.51. The molecule has 0 saturated carbocycles. The van der Waals surface area contributed by atoms with Crippen molar-refractivity contribution in [1.82, 2.24) is 5.32 Å². The molecule has 126 valence electrons. The number of amides is 1. The monoisotopic (exact) mass is 453 g/mol. The van der Waals surface area contributed by atoms with E-state index < -0.39 is 12.0 Å². The van der Waals surface area contributed by atoms with Crippen LogP contribution in [-0.2, 0) is 16.0 Å². The lowest BCUT2D eigenvalue weighted by Gasteiger charge is -2.17. The number of methoxy groups -OCH3 is 1. The predicted octanol–water partition coefficient (Wildman–Crippen LogP) is 4.03. The van der Waals surface area contributed by atoms with Gasteiger partial charge in [0.05, 0.1) is 7.11 Å². The Balaban J connectivity index is 2.19. The minimum Gasteiger partial charge on any atom is -0.467 e. The summed E-state index contributed by atoms with van der Waals surface area (Å²) < 4.78 is 6.37. The summed E-state index contributed by atoms with van der Waals surface area (Å²) in [5, 5.41) is 2.75. The summed E-state index contributed by atoms with van der Waals surface area (Å²) in [7, 11) is 1.31. The van der Waals surface area contributed by atoms with Crippen LogP contribution in [-0.4, -0.2) is 25.0 Å². The first-order valence-electron chi connectivity index (χ1n) is 7.29. The molecule has 0 radical (unpaired) electrons. The molecule has 0 aliphatic rings. The van der Waals surface area contributed by atoms with E-state index in [0.717, 1.165) is 20.1 Å². The average Bonchev–Trinajstić information content (AvgIpc) is 2.52. The molecular formula is C18H17Br2NO3. The molecule has 1 amide bonds. The lowest BCUT2D eigenvalue weighted by Crippen LogP contribution is -2.43. The quantitative estimate of drug-likeness (QED) is 0.693. The Morgan fingerprint density at radius 3 is 2.38 bits per heavy atom. The third-order valence-electron chi connectivity index (χ3n) is 3.44. The third-order valence-corrected chi connectivity index (χ3v) is 4.35. The zero-order valence-electron chi connectivity index (χ0n) is 13.3. The molecule has 6 heteroatoms. The van der Waals surface area contributed by atoms with Crippen LogP contribution in [0.3, 0.4) is 0 Å². The number of carbonyl (C=O) groups excluding carboxylic acids is 2. The van der Waals surface area contributed by atoms with Gasteiger partial charge in [-0.25, -0.2) is 4.79 Å². The third kappa shape index (κ3) is 5.18. The largest absolute Gasteiger partial charge is 0.467 e. The Labute approximate surface area is 157 Å². The molecule has 0 unspecified atom stereocenters. The molecule has 1 N–H and O–H groups in total. The van der Waals surface area contributed by atoms with Gasteiger partial charge in [0.15, 0.2) is 0 Å². The Hall–Kier alpha value is -1.66. The van der Waals surface area contributed by atoms with Gasteiger partial charge in [-0.3, -0.25) is 4.79 Å². The number of nitrogens with one attached hydrogen (secondary N) is 1. The second-order valence-electron chi connectivity index (χ2n) is 5.40. The zero-order valence-corrected chi connectivity index (χ0v) is 16.5. The van der Waals surface area contributed by atoms with Gasteiger partial charge in [-0.15, -0.1) is 0 Å². The first-order chi connectivity index (χ1) is 11.4. The number of hydrogen-bond donors (Lipinski definition) is 1. The fourth-order valence-electron chi connectivity index (χ4n) is 2.34. The second-order valence-corrected chi connectivity index (χ2v) is 7.23. The zero-order chi connectivity index (χ0) is 17.7. The summed E-state index contributed by atoms with van der Waals surface area (Å²) in [5.74, 6) is -0.807. The van der Waals surface area contributed by atoms with Gasteiger partial charge in [0.2, 0.25) is 0 Å². The molecule has 0 aliphatic heterocycles. The molecule has 0 saturated heterocycles. The van der Waals surface area contributed by atoms with E-state index in [9.17, 15) is 9.59 Å². The number of hydrogen-bond acceptors (Lipinski definition) is 3. The fraction of sp³-hybridized carbons (Fsp3) is 0.222. The topological polar surface area (TPSA) is 55.4 Å². The van der Waals surface area contributed by atoms with Crippen LogP contribution < -0.4 is 5.32 Å². The van der Waals surface area contributed by atoms with E-state index in [1.807, 2.05) is 37.3 Å². The van der Waals surface area contributed by atoms with Crippen molar-refractivity contribution >= 4 is 43.7 Å². The van der Waals surface area contributed by atoms with Crippen molar-refractivity contribution < 1.29 is 14.3 Å². The van der Waals surface area contributed by atoms with Crippen molar-refractivity contribution in [3.63, 3.8) is 0 Å². The Morgan fingerprint density at radius 1 is 1.12 bits per heavy atom. The van der Waals surface area contributed by atoms with Gasteiger partial charge in [0.25, 0.3) is 5.91 Å². The summed E-state index contributed by atoms with van der Waals surface area (Å²) in [6, 6.07) is 12.3. The number of rotatable bonds is 5. The van der Waals surface area contributed by atoms with E-state index in [4.69, 9.17) is 4.74 Å². The van der Waals surface area contributed by atoms with E-state index >= 15 is 0 Å². The van der Waals surface area contributed by atoms with Crippen LogP contribution in [0.1, 0.15) is 21.5 Å². The summed E-state index contributed by atoms with van der Waals surface area (Å²) >= 11 is 6.70. The molecule has 2 aromatic rings. The highest BCUT2D eigenvalue weighted by molar-refractivity contribution is 9.11. The van der Waals surface area contributed by atoms with Gasteiger partial charge in [-0.1, -0.05) is 61.7 Å². The van der Waals surface area contributed by atoms with Gasteiger partial charge >= 0.3 is 5.97 Å². The number of carbonyl (C=O) groups is 2. The Bertz CT molecular complexity index is 741. The van der Waals surface area contributed by atoms with Crippen molar-refractivity contribution in [3.05, 3.63) is 68.1 Å². The van der Waals surface area contributed by atoms with Crippen molar-refractivity contribution in [3.8, 4) is 0 Å². The standard InChI is InChI=1S/C18H17Br2NO3/c1-11-4-3-5-12(6-11)7-16(18(23)24-2)21-17(22)13-8-14(19)10-15(20)9-13/h3-6,8-10,16H,7H2,1-2H3,(H,21,22)/t16-/m1/s1. The van der Waals surface area contributed by atoms with Crippen LogP contribution >= 0.6 is 31.9 Å². The number of esters is 1. The first-order valence-corrected chi connectivity index (χ1v) is 8.88. The SMILES string of the molecule is COC(=O)[C@@H](Cc1cccc(C)c1)NC(=O)c1cc(Br)cc(Br)c1. The number of aryl methyl sites for hydroxylation is 1. The molecule has 4 nitrogen and oxygen atoms in total. The summed E-state index contributed by atoms with van der Waals surface area (Å²) in [4.78, 5) is 24.5. The lowest BCUT2D eigenvalue weighted by molar-refractivity contribution is -0.142. The minimum absolute atomic E-state index is 0.333. The van der Waals surface area contributed by atoms with Gasteiger partial charge in [-0.05, 0) is 30.7 Å². The van der Waals surface area contributed by atoms with Gasteiger partial charge in [0.1, 0.15) is 6.04 Å². The van der Waals surface area contributed by atoms with Crippen molar-refractivity contribution in [1.29, 1.82) is 0 Å². The fourth-order valence-corrected chi connectivity index (χ4v) is 3.63. The van der Waals surface area contributed by atoms with E-state index in [1.54, 1.807) is 12.1 Å². The molecule has 2 aromatic carbocycles. The molecular weight excluding hydrogens is 438 g/mol. The van der Waals surface area contributed by atoms with Crippen molar-refractivity contribution in [2.45, 2.75) is 19.4 Å². The van der Waals surface area contributed by atoms with Crippen LogP contribution in [0.2, 0.25) is 0 Å². The molecule has 24 heavy (non-hydrogen) atoms. The highest BCUT2D eigenvalue weighted by atomic mass is 79.9. The van der Waals surface area contributed by atoms with E-state index in [0.29, 0.717) is 12.0 Å². The second kappa shape index (κ2) is 8.44.